The van der Waals surface area contributed by atoms with Crippen LogP contribution in [-0.2, 0) is 0 Å². The van der Waals surface area contributed by atoms with Gasteiger partial charge in [-0.3, -0.25) is 0 Å². The lowest BCUT2D eigenvalue weighted by Gasteiger charge is -2.05. The van der Waals surface area contributed by atoms with Crippen LogP contribution < -0.4 is 11.1 Å². The lowest BCUT2D eigenvalue weighted by atomic mass is 10.3. The fraction of sp³-hybridized carbons (Fsp3) is 0.300. The minimum absolute atomic E-state index is 0.0687. The van der Waals surface area contributed by atoms with Gasteiger partial charge in [0, 0.05) is 5.69 Å². The molecule has 3 N–H and O–H groups in total. The van der Waals surface area contributed by atoms with Gasteiger partial charge in [-0.25, -0.2) is 9.38 Å². The molecule has 0 heterocycles. The number of guanidine groups is 1. The summed E-state index contributed by atoms with van der Waals surface area (Å²) in [7, 11) is 0. The van der Waals surface area contributed by atoms with Crippen molar-refractivity contribution in [3.8, 4) is 0 Å². The highest BCUT2D eigenvalue weighted by Gasteiger charge is 2.20. The maximum atomic E-state index is 12.8. The summed E-state index contributed by atoms with van der Waals surface area (Å²) in [6, 6.07) is 4.69. The molecule has 5 heteroatoms. The lowest BCUT2D eigenvalue weighted by Crippen LogP contribution is -2.23. The molecule has 1 aliphatic rings. The minimum atomic E-state index is -0.445. The third-order valence-corrected chi connectivity index (χ3v) is 2.35. The largest absolute Gasteiger partial charge is 0.370 e. The number of halogens is 2. The molecule has 15 heavy (non-hydrogen) atoms. The molecule has 0 aromatic heterocycles. The van der Waals surface area contributed by atoms with Gasteiger partial charge in [-0.2, -0.15) is 0 Å². The highest BCUT2D eigenvalue weighted by Crippen LogP contribution is 2.23. The average Bonchev–Trinajstić information content (AvgIpc) is 2.95. The van der Waals surface area contributed by atoms with Gasteiger partial charge in [0.15, 0.2) is 5.96 Å². The zero-order chi connectivity index (χ0) is 10.8. The standard InChI is InChI=1S/C10H11ClFN3/c11-8-5-7(3-4-9(8)12)15-10(13)14-6-1-2-6/h3-6H,1-2H2,(H3,13,14,15). The zero-order valence-corrected chi connectivity index (χ0v) is 8.76. The molecule has 0 spiro atoms. The van der Waals surface area contributed by atoms with Gasteiger partial charge < -0.3 is 11.1 Å². The molecule has 0 aliphatic heterocycles. The maximum absolute atomic E-state index is 12.8. The smallest absolute Gasteiger partial charge is 0.193 e. The van der Waals surface area contributed by atoms with E-state index in [0.29, 0.717) is 17.7 Å². The number of anilines is 1. The Hall–Kier alpha value is -1.29. The third kappa shape index (κ3) is 2.83. The highest BCUT2D eigenvalue weighted by atomic mass is 35.5. The van der Waals surface area contributed by atoms with Crippen molar-refractivity contribution in [1.82, 2.24) is 0 Å². The Bertz CT molecular complexity index is 402. The monoisotopic (exact) mass is 227 g/mol. The first-order valence-corrected chi connectivity index (χ1v) is 5.08. The van der Waals surface area contributed by atoms with Crippen LogP contribution in [0.15, 0.2) is 23.2 Å². The van der Waals surface area contributed by atoms with Crippen molar-refractivity contribution in [2.45, 2.75) is 18.9 Å². The van der Waals surface area contributed by atoms with Crippen LogP contribution in [0.5, 0.6) is 0 Å². The highest BCUT2D eigenvalue weighted by molar-refractivity contribution is 6.31. The molecule has 80 valence electrons. The molecule has 3 nitrogen and oxygen atoms in total. The van der Waals surface area contributed by atoms with E-state index in [9.17, 15) is 4.39 Å². The van der Waals surface area contributed by atoms with Crippen molar-refractivity contribution in [2.75, 3.05) is 5.32 Å². The summed E-state index contributed by atoms with van der Waals surface area (Å²) in [5.41, 5.74) is 6.28. The number of rotatable bonds is 2. The molecule has 1 aromatic rings. The summed E-state index contributed by atoms with van der Waals surface area (Å²) >= 11 is 5.62. The van der Waals surface area contributed by atoms with Gasteiger partial charge in [-0.1, -0.05) is 11.6 Å². The number of hydrogen-bond donors (Lipinski definition) is 2. The average molecular weight is 228 g/mol. The van der Waals surface area contributed by atoms with Gasteiger partial charge >= 0.3 is 0 Å². The van der Waals surface area contributed by atoms with E-state index in [1.165, 1.54) is 12.1 Å². The molecule has 0 unspecified atom stereocenters. The van der Waals surface area contributed by atoms with Crippen molar-refractivity contribution < 1.29 is 4.39 Å². The molecule has 0 amide bonds. The van der Waals surface area contributed by atoms with Gasteiger partial charge in [-0.05, 0) is 31.0 Å². The fourth-order valence-electron chi connectivity index (χ4n) is 1.15. The van der Waals surface area contributed by atoms with Crippen LogP contribution in [0.3, 0.4) is 0 Å². The first kappa shape index (κ1) is 10.2. The normalized spacial score (nSPS) is 16.5. The van der Waals surface area contributed by atoms with Gasteiger partial charge in [0.2, 0.25) is 0 Å². The van der Waals surface area contributed by atoms with Gasteiger partial charge in [-0.15, -0.1) is 0 Å². The number of nitrogens with two attached hydrogens (primary N) is 1. The van der Waals surface area contributed by atoms with Crippen molar-refractivity contribution in [2.24, 2.45) is 10.7 Å². The van der Waals surface area contributed by atoms with Crippen LogP contribution in [0.1, 0.15) is 12.8 Å². The topological polar surface area (TPSA) is 50.4 Å². The Kier molecular flexibility index (Phi) is 2.77. The molecule has 2 rings (SSSR count). The predicted octanol–water partition coefficient (Wildman–Crippen LogP) is 2.37. The van der Waals surface area contributed by atoms with E-state index < -0.39 is 5.82 Å². The van der Waals surface area contributed by atoms with Crippen LogP contribution in [0.4, 0.5) is 10.1 Å². The second kappa shape index (κ2) is 4.06. The SMILES string of the molecule is NC(=NC1CC1)Nc1ccc(F)c(Cl)c1. The van der Waals surface area contributed by atoms with Gasteiger partial charge in [0.1, 0.15) is 5.82 Å². The van der Waals surface area contributed by atoms with Crippen LogP contribution in [0, 0.1) is 5.82 Å². The molecule has 0 atom stereocenters. The minimum Gasteiger partial charge on any atom is -0.370 e. The van der Waals surface area contributed by atoms with Crippen molar-refractivity contribution in [1.29, 1.82) is 0 Å². The molecule has 0 bridgehead atoms. The number of nitrogens with one attached hydrogen (secondary N) is 1. The van der Waals surface area contributed by atoms with E-state index in [2.05, 4.69) is 10.3 Å². The van der Waals surface area contributed by atoms with E-state index in [0.717, 1.165) is 12.8 Å². The zero-order valence-electron chi connectivity index (χ0n) is 8.00. The summed E-state index contributed by atoms with van der Waals surface area (Å²) in [4.78, 5) is 4.18. The third-order valence-electron chi connectivity index (χ3n) is 2.06. The van der Waals surface area contributed by atoms with E-state index in [-0.39, 0.29) is 5.02 Å². The molecule has 1 saturated carbocycles. The Balaban J connectivity index is 2.06. The van der Waals surface area contributed by atoms with Crippen molar-refractivity contribution in [3.05, 3.63) is 29.0 Å². The summed E-state index contributed by atoms with van der Waals surface area (Å²) in [6.07, 6.45) is 2.18. The van der Waals surface area contributed by atoms with Crippen LogP contribution in [-0.4, -0.2) is 12.0 Å². The van der Waals surface area contributed by atoms with Crippen molar-refractivity contribution >= 4 is 23.2 Å². The summed E-state index contributed by atoms with van der Waals surface area (Å²) in [5.74, 6) is -0.0971. The maximum Gasteiger partial charge on any atom is 0.193 e. The molecule has 0 radical (unpaired) electrons. The van der Waals surface area contributed by atoms with E-state index in [1.54, 1.807) is 6.07 Å². The first-order chi connectivity index (χ1) is 7.15. The second-order valence-electron chi connectivity index (χ2n) is 3.50. The summed E-state index contributed by atoms with van der Waals surface area (Å²) < 4.78 is 12.8. The number of hydrogen-bond acceptors (Lipinski definition) is 1. The molecular weight excluding hydrogens is 217 g/mol. The van der Waals surface area contributed by atoms with Crippen LogP contribution >= 0.6 is 11.6 Å². The number of aliphatic imine (C=N–C) groups is 1. The first-order valence-electron chi connectivity index (χ1n) is 4.70. The Morgan fingerprint density at radius 1 is 1.53 bits per heavy atom. The molecule has 1 fully saturated rings. The number of nitrogens with zero attached hydrogens (tertiary/aromatic N) is 1. The van der Waals surface area contributed by atoms with Crippen LogP contribution in [0.2, 0.25) is 5.02 Å². The van der Waals surface area contributed by atoms with Crippen molar-refractivity contribution in [3.63, 3.8) is 0 Å². The molecule has 1 aliphatic carbocycles. The quantitative estimate of drug-likeness (QED) is 0.602. The molecular formula is C10H11ClFN3. The lowest BCUT2D eigenvalue weighted by molar-refractivity contribution is 0.628. The predicted molar refractivity (Wildman–Crippen MR) is 59.7 cm³/mol. The fourth-order valence-corrected chi connectivity index (χ4v) is 1.33. The Labute approximate surface area is 92.1 Å². The molecule has 0 saturated heterocycles. The number of benzene rings is 1. The second-order valence-corrected chi connectivity index (χ2v) is 3.91. The Morgan fingerprint density at radius 2 is 2.27 bits per heavy atom. The van der Waals surface area contributed by atoms with E-state index >= 15 is 0 Å². The summed E-state index contributed by atoms with van der Waals surface area (Å²) in [5, 5.41) is 2.93. The van der Waals surface area contributed by atoms with Gasteiger partial charge in [0.25, 0.3) is 0 Å². The van der Waals surface area contributed by atoms with Crippen LogP contribution in [0.25, 0.3) is 0 Å². The van der Waals surface area contributed by atoms with Gasteiger partial charge in [0.05, 0.1) is 11.1 Å². The van der Waals surface area contributed by atoms with E-state index in [1.807, 2.05) is 0 Å². The summed E-state index contributed by atoms with van der Waals surface area (Å²) in [6.45, 7) is 0. The van der Waals surface area contributed by atoms with E-state index in [4.69, 9.17) is 17.3 Å². The molecule has 1 aromatic carbocycles. The Morgan fingerprint density at radius 3 is 2.87 bits per heavy atom.